The van der Waals surface area contributed by atoms with Crippen molar-refractivity contribution in [2.75, 3.05) is 7.05 Å². The number of halogens is 2. The van der Waals surface area contributed by atoms with E-state index in [1.165, 1.54) is 17.2 Å². The van der Waals surface area contributed by atoms with Crippen LogP contribution in [0.1, 0.15) is 42.1 Å². The van der Waals surface area contributed by atoms with Gasteiger partial charge in [0.25, 0.3) is 0 Å². The number of nitrogens with one attached hydrogen (secondary N) is 1. The molecule has 0 aliphatic rings. The van der Waals surface area contributed by atoms with Crippen LogP contribution in [0.25, 0.3) is 0 Å². The summed E-state index contributed by atoms with van der Waals surface area (Å²) in [6, 6.07) is 10.9. The standard InChI is InChI=1S/C18H21ClFN/c1-4-12-6-7-14(10-13(12)5-2)18(21-3)16-11-15(19)8-9-17(16)20/h6-11,18,21H,4-5H2,1-3H3. The Morgan fingerprint density at radius 3 is 2.38 bits per heavy atom. The molecule has 0 aromatic heterocycles. The Hall–Kier alpha value is -1.38. The van der Waals surface area contributed by atoms with E-state index < -0.39 is 0 Å². The second-order valence-electron chi connectivity index (χ2n) is 5.12. The highest BCUT2D eigenvalue weighted by Gasteiger charge is 2.17. The Morgan fingerprint density at radius 1 is 1.05 bits per heavy atom. The molecule has 0 amide bonds. The monoisotopic (exact) mass is 305 g/mol. The van der Waals surface area contributed by atoms with Crippen LogP contribution >= 0.6 is 11.6 Å². The first-order valence-corrected chi connectivity index (χ1v) is 7.72. The molecule has 1 N–H and O–H groups in total. The third kappa shape index (κ3) is 3.45. The van der Waals surface area contributed by atoms with Crippen LogP contribution in [0.2, 0.25) is 5.02 Å². The molecule has 0 bridgehead atoms. The van der Waals surface area contributed by atoms with Gasteiger partial charge in [-0.3, -0.25) is 0 Å². The van der Waals surface area contributed by atoms with Crippen LogP contribution < -0.4 is 5.32 Å². The van der Waals surface area contributed by atoms with Crippen LogP contribution in [0.15, 0.2) is 36.4 Å². The van der Waals surface area contributed by atoms with Crippen LogP contribution in [0.5, 0.6) is 0 Å². The molecule has 3 heteroatoms. The summed E-state index contributed by atoms with van der Waals surface area (Å²) in [6.07, 6.45) is 1.99. The van der Waals surface area contributed by atoms with Gasteiger partial charge in [0.15, 0.2) is 0 Å². The first-order valence-electron chi connectivity index (χ1n) is 7.34. The van der Waals surface area contributed by atoms with Crippen molar-refractivity contribution in [2.24, 2.45) is 0 Å². The largest absolute Gasteiger partial charge is 0.309 e. The van der Waals surface area contributed by atoms with Gasteiger partial charge < -0.3 is 5.32 Å². The molecule has 0 fully saturated rings. The Kier molecular flexibility index (Phi) is 5.38. The van der Waals surface area contributed by atoms with Crippen molar-refractivity contribution in [2.45, 2.75) is 32.7 Å². The third-order valence-electron chi connectivity index (χ3n) is 3.88. The molecule has 0 spiro atoms. The average molecular weight is 306 g/mol. The minimum absolute atomic E-state index is 0.195. The lowest BCUT2D eigenvalue weighted by Crippen LogP contribution is -2.19. The topological polar surface area (TPSA) is 12.0 Å². The van der Waals surface area contributed by atoms with Crippen molar-refractivity contribution in [1.82, 2.24) is 5.32 Å². The quantitative estimate of drug-likeness (QED) is 0.827. The number of hydrogen-bond acceptors (Lipinski definition) is 1. The number of benzene rings is 2. The maximum atomic E-state index is 14.1. The Bertz CT molecular complexity index is 625. The number of aryl methyl sites for hydroxylation is 2. The molecule has 0 aliphatic carbocycles. The molecule has 1 nitrogen and oxygen atoms in total. The summed E-state index contributed by atoms with van der Waals surface area (Å²) in [6.45, 7) is 4.30. The summed E-state index contributed by atoms with van der Waals surface area (Å²) in [4.78, 5) is 0. The SMILES string of the molecule is CCc1ccc(C(NC)c2cc(Cl)ccc2F)cc1CC. The molecule has 1 unspecified atom stereocenters. The van der Waals surface area contributed by atoms with Crippen LogP contribution in [-0.2, 0) is 12.8 Å². The lowest BCUT2D eigenvalue weighted by atomic mass is 9.93. The number of hydrogen-bond donors (Lipinski definition) is 1. The van der Waals surface area contributed by atoms with Gasteiger partial charge in [-0.2, -0.15) is 0 Å². The molecule has 2 rings (SSSR count). The molecule has 0 radical (unpaired) electrons. The zero-order chi connectivity index (χ0) is 15.4. The van der Waals surface area contributed by atoms with Crippen LogP contribution in [-0.4, -0.2) is 7.05 Å². The van der Waals surface area contributed by atoms with Gasteiger partial charge in [0.1, 0.15) is 5.82 Å². The predicted octanol–water partition coefficient (Wildman–Crippen LogP) is 4.91. The highest BCUT2D eigenvalue weighted by molar-refractivity contribution is 6.30. The fourth-order valence-electron chi connectivity index (χ4n) is 2.74. The Balaban J connectivity index is 2.48. The van der Waals surface area contributed by atoms with Gasteiger partial charge in [-0.1, -0.05) is 43.6 Å². The van der Waals surface area contributed by atoms with E-state index in [9.17, 15) is 4.39 Å². The molecule has 1 atom stereocenters. The van der Waals surface area contributed by atoms with E-state index in [-0.39, 0.29) is 11.9 Å². The molecule has 0 saturated heterocycles. The van der Waals surface area contributed by atoms with Gasteiger partial charge in [-0.25, -0.2) is 4.39 Å². The average Bonchev–Trinajstić information content (AvgIpc) is 2.51. The molecular weight excluding hydrogens is 285 g/mol. The van der Waals surface area contributed by atoms with Crippen molar-refractivity contribution >= 4 is 11.6 Å². The van der Waals surface area contributed by atoms with Crippen LogP contribution in [0.3, 0.4) is 0 Å². The highest BCUT2D eigenvalue weighted by Crippen LogP contribution is 2.28. The maximum absolute atomic E-state index is 14.1. The molecule has 0 aliphatic heterocycles. The van der Waals surface area contributed by atoms with Crippen molar-refractivity contribution in [3.63, 3.8) is 0 Å². The first-order chi connectivity index (χ1) is 10.1. The zero-order valence-corrected chi connectivity index (χ0v) is 13.5. The van der Waals surface area contributed by atoms with Gasteiger partial charge in [-0.05, 0) is 54.8 Å². The van der Waals surface area contributed by atoms with E-state index in [2.05, 4.69) is 37.4 Å². The Labute approximate surface area is 131 Å². The van der Waals surface area contributed by atoms with Crippen molar-refractivity contribution in [3.05, 3.63) is 69.5 Å². The summed E-state index contributed by atoms with van der Waals surface area (Å²) in [5, 5.41) is 3.74. The van der Waals surface area contributed by atoms with E-state index in [0.717, 1.165) is 18.4 Å². The van der Waals surface area contributed by atoms with Crippen molar-refractivity contribution in [3.8, 4) is 0 Å². The van der Waals surface area contributed by atoms with Gasteiger partial charge >= 0.3 is 0 Å². The summed E-state index contributed by atoms with van der Waals surface area (Å²) in [5.74, 6) is -0.239. The van der Waals surface area contributed by atoms with E-state index in [4.69, 9.17) is 11.6 Å². The lowest BCUT2D eigenvalue weighted by Gasteiger charge is -2.20. The Morgan fingerprint density at radius 2 is 1.76 bits per heavy atom. The second-order valence-corrected chi connectivity index (χ2v) is 5.56. The van der Waals surface area contributed by atoms with E-state index >= 15 is 0 Å². The molecule has 112 valence electrons. The molecule has 2 aromatic carbocycles. The van der Waals surface area contributed by atoms with Crippen LogP contribution in [0.4, 0.5) is 4.39 Å². The normalized spacial score (nSPS) is 12.4. The highest BCUT2D eigenvalue weighted by atomic mass is 35.5. The first kappa shape index (κ1) is 16.0. The molecular formula is C18H21ClFN. The van der Waals surface area contributed by atoms with E-state index in [1.54, 1.807) is 12.1 Å². The molecule has 21 heavy (non-hydrogen) atoms. The fourth-order valence-corrected chi connectivity index (χ4v) is 2.92. The summed E-state index contributed by atoms with van der Waals surface area (Å²) in [5.41, 5.74) is 4.31. The fraction of sp³-hybridized carbons (Fsp3) is 0.333. The van der Waals surface area contributed by atoms with Crippen molar-refractivity contribution in [1.29, 1.82) is 0 Å². The minimum Gasteiger partial charge on any atom is -0.309 e. The van der Waals surface area contributed by atoms with E-state index in [0.29, 0.717) is 10.6 Å². The third-order valence-corrected chi connectivity index (χ3v) is 4.12. The number of rotatable bonds is 5. The van der Waals surface area contributed by atoms with Crippen LogP contribution in [0, 0.1) is 5.82 Å². The second kappa shape index (κ2) is 7.06. The molecule has 0 saturated carbocycles. The zero-order valence-electron chi connectivity index (χ0n) is 12.7. The molecule has 0 heterocycles. The smallest absolute Gasteiger partial charge is 0.128 e. The maximum Gasteiger partial charge on any atom is 0.128 e. The summed E-state index contributed by atoms with van der Waals surface area (Å²) < 4.78 is 14.1. The van der Waals surface area contributed by atoms with Crippen molar-refractivity contribution < 1.29 is 4.39 Å². The van der Waals surface area contributed by atoms with Gasteiger partial charge in [0.2, 0.25) is 0 Å². The summed E-state index contributed by atoms with van der Waals surface area (Å²) in [7, 11) is 1.84. The van der Waals surface area contributed by atoms with Gasteiger partial charge in [0.05, 0.1) is 6.04 Å². The van der Waals surface area contributed by atoms with Gasteiger partial charge in [0, 0.05) is 10.6 Å². The summed E-state index contributed by atoms with van der Waals surface area (Å²) >= 11 is 6.02. The molecule has 2 aromatic rings. The van der Waals surface area contributed by atoms with Gasteiger partial charge in [-0.15, -0.1) is 0 Å². The minimum atomic E-state index is -0.239. The lowest BCUT2D eigenvalue weighted by molar-refractivity contribution is 0.576. The van der Waals surface area contributed by atoms with E-state index in [1.807, 2.05) is 7.05 Å². The predicted molar refractivity (Wildman–Crippen MR) is 87.5 cm³/mol.